The molecule has 1 amide bonds. The van der Waals surface area contributed by atoms with Gasteiger partial charge >= 0.3 is 0 Å². The molecule has 0 radical (unpaired) electrons. The molecule has 0 aliphatic heterocycles. The molecule has 0 saturated heterocycles. The molecular formula is C35H47Cl2N3O4Si. The zero-order valence-electron chi connectivity index (χ0n) is 27.6. The van der Waals surface area contributed by atoms with Crippen LogP contribution in [0.3, 0.4) is 0 Å². The van der Waals surface area contributed by atoms with E-state index in [0.717, 1.165) is 36.8 Å². The Labute approximate surface area is 279 Å². The van der Waals surface area contributed by atoms with Crippen LogP contribution >= 0.6 is 23.2 Å². The lowest BCUT2D eigenvalue weighted by molar-refractivity contribution is 0.0656. The number of benzene rings is 2. The molecule has 1 aliphatic carbocycles. The minimum absolute atomic E-state index is 0.0233. The highest BCUT2D eigenvalue weighted by atomic mass is 35.5. The van der Waals surface area contributed by atoms with E-state index >= 15 is 0 Å². The van der Waals surface area contributed by atoms with E-state index in [-0.39, 0.29) is 46.3 Å². The third kappa shape index (κ3) is 8.39. The number of amides is 1. The number of rotatable bonds is 12. The van der Waals surface area contributed by atoms with Crippen LogP contribution in [0.5, 0.6) is 11.6 Å². The fourth-order valence-electron chi connectivity index (χ4n) is 5.72. The minimum atomic E-state index is -2.02. The van der Waals surface area contributed by atoms with Crippen LogP contribution in [0.25, 0.3) is 0 Å². The topological polar surface area (TPSA) is 84.8 Å². The van der Waals surface area contributed by atoms with Gasteiger partial charge in [0.25, 0.3) is 11.8 Å². The summed E-state index contributed by atoms with van der Waals surface area (Å²) in [6.45, 7) is 15.8. The highest BCUT2D eigenvalue weighted by Crippen LogP contribution is 2.47. The van der Waals surface area contributed by atoms with Crippen molar-refractivity contribution in [3.63, 3.8) is 0 Å². The van der Waals surface area contributed by atoms with Crippen molar-refractivity contribution in [3.8, 4) is 11.6 Å². The molecule has 0 atom stereocenters. The Morgan fingerprint density at radius 3 is 2.36 bits per heavy atom. The van der Waals surface area contributed by atoms with Gasteiger partial charge in [0.15, 0.2) is 14.0 Å². The Bertz CT molecular complexity index is 1470. The number of hydrogen-bond acceptors (Lipinski definition) is 6. The van der Waals surface area contributed by atoms with E-state index in [1.54, 1.807) is 11.0 Å². The van der Waals surface area contributed by atoms with Gasteiger partial charge in [-0.25, -0.2) is 4.98 Å². The molecule has 0 unspecified atom stereocenters. The van der Waals surface area contributed by atoms with Crippen molar-refractivity contribution >= 4 is 37.4 Å². The van der Waals surface area contributed by atoms with Gasteiger partial charge < -0.3 is 19.2 Å². The van der Waals surface area contributed by atoms with Crippen molar-refractivity contribution in [1.29, 1.82) is 0 Å². The van der Waals surface area contributed by atoms with Crippen molar-refractivity contribution in [3.05, 3.63) is 81.2 Å². The summed E-state index contributed by atoms with van der Waals surface area (Å²) in [6, 6.07) is 15.0. The SMILES string of the molecule is CC(C)N(CCO[Si](C)(C)C(C)(C)C)C(=O)c1nc(CC2(c3cc(Cl)ccc3Cl)CCCC2)nc(O)c1OCc1ccccc1. The maximum atomic E-state index is 14.3. The number of hydrogen-bond donors (Lipinski definition) is 1. The third-order valence-corrected chi connectivity index (χ3v) is 14.5. The number of carbonyl (C=O) groups is 1. The second-order valence-electron chi connectivity index (χ2n) is 13.9. The largest absolute Gasteiger partial charge is 0.491 e. The smallest absolute Gasteiger partial charge is 0.276 e. The Morgan fingerprint density at radius 2 is 1.73 bits per heavy atom. The van der Waals surface area contributed by atoms with Gasteiger partial charge in [0.1, 0.15) is 12.4 Å². The summed E-state index contributed by atoms with van der Waals surface area (Å²) in [6.07, 6.45) is 4.18. The summed E-state index contributed by atoms with van der Waals surface area (Å²) in [5.74, 6) is -0.357. The lowest BCUT2D eigenvalue weighted by atomic mass is 9.76. The van der Waals surface area contributed by atoms with Crippen molar-refractivity contribution in [1.82, 2.24) is 14.9 Å². The van der Waals surface area contributed by atoms with Crippen molar-refractivity contribution in [2.75, 3.05) is 13.2 Å². The van der Waals surface area contributed by atoms with Gasteiger partial charge in [-0.3, -0.25) is 4.79 Å². The molecule has 1 N–H and O–H groups in total. The van der Waals surface area contributed by atoms with E-state index in [2.05, 4.69) is 38.8 Å². The lowest BCUT2D eigenvalue weighted by Gasteiger charge is -2.37. The normalized spacial score (nSPS) is 15.0. The molecular weight excluding hydrogens is 625 g/mol. The van der Waals surface area contributed by atoms with E-state index in [4.69, 9.17) is 37.3 Å². The first-order valence-electron chi connectivity index (χ1n) is 15.8. The van der Waals surface area contributed by atoms with E-state index in [1.165, 1.54) is 0 Å². The molecule has 0 spiro atoms. The number of aromatic nitrogens is 2. The van der Waals surface area contributed by atoms with Gasteiger partial charge in [0.2, 0.25) is 5.75 Å². The molecule has 1 saturated carbocycles. The van der Waals surface area contributed by atoms with Gasteiger partial charge in [-0.1, -0.05) is 87.1 Å². The highest BCUT2D eigenvalue weighted by Gasteiger charge is 2.40. The van der Waals surface area contributed by atoms with Crippen LogP contribution in [-0.4, -0.2) is 53.4 Å². The van der Waals surface area contributed by atoms with Gasteiger partial charge in [0, 0.05) is 34.5 Å². The summed E-state index contributed by atoms with van der Waals surface area (Å²) >= 11 is 13.1. The van der Waals surface area contributed by atoms with E-state index in [0.29, 0.717) is 35.4 Å². The second kappa shape index (κ2) is 14.4. The molecule has 2 aromatic carbocycles. The summed E-state index contributed by atoms with van der Waals surface area (Å²) < 4.78 is 12.5. The average Bonchev–Trinajstić information content (AvgIpc) is 3.44. The fourth-order valence-corrected chi connectivity index (χ4v) is 7.24. The van der Waals surface area contributed by atoms with Crippen LogP contribution in [0.4, 0.5) is 0 Å². The van der Waals surface area contributed by atoms with Gasteiger partial charge in [0.05, 0.1) is 6.61 Å². The fraction of sp³-hybridized carbons (Fsp3) is 0.514. The first kappa shape index (κ1) is 35.2. The number of nitrogens with zero attached hydrogens (tertiary/aromatic N) is 3. The predicted molar refractivity (Wildman–Crippen MR) is 184 cm³/mol. The van der Waals surface area contributed by atoms with E-state index < -0.39 is 8.32 Å². The van der Waals surface area contributed by atoms with Crippen LogP contribution in [-0.2, 0) is 22.9 Å². The van der Waals surface area contributed by atoms with Crippen molar-refractivity contribution in [2.24, 2.45) is 0 Å². The third-order valence-electron chi connectivity index (χ3n) is 9.36. The molecule has 4 rings (SSSR count). The zero-order chi connectivity index (χ0) is 33.0. The molecule has 1 fully saturated rings. The lowest BCUT2D eigenvalue weighted by Crippen LogP contribution is -2.45. The highest BCUT2D eigenvalue weighted by molar-refractivity contribution is 6.74. The van der Waals surface area contributed by atoms with Crippen LogP contribution in [0.15, 0.2) is 48.5 Å². The Morgan fingerprint density at radius 1 is 1.07 bits per heavy atom. The molecule has 7 nitrogen and oxygen atoms in total. The number of aromatic hydroxyl groups is 1. The van der Waals surface area contributed by atoms with Crippen LogP contribution in [0.2, 0.25) is 28.2 Å². The second-order valence-corrected chi connectivity index (χ2v) is 19.6. The average molecular weight is 673 g/mol. The molecule has 1 heterocycles. The summed E-state index contributed by atoms with van der Waals surface area (Å²) in [7, 11) is -2.02. The molecule has 1 aromatic heterocycles. The maximum absolute atomic E-state index is 14.3. The van der Waals surface area contributed by atoms with Crippen LogP contribution < -0.4 is 4.74 Å². The first-order chi connectivity index (χ1) is 21.1. The summed E-state index contributed by atoms with van der Waals surface area (Å²) in [5.41, 5.74) is 1.51. The molecule has 10 heteroatoms. The first-order valence-corrected chi connectivity index (χ1v) is 19.5. The minimum Gasteiger partial charge on any atom is -0.491 e. The molecule has 3 aromatic rings. The van der Waals surface area contributed by atoms with Crippen LogP contribution in [0.1, 0.15) is 87.7 Å². The number of halogens is 2. The monoisotopic (exact) mass is 671 g/mol. The quantitative estimate of drug-likeness (QED) is 0.193. The molecule has 45 heavy (non-hydrogen) atoms. The number of carbonyl (C=O) groups excluding carboxylic acids is 1. The zero-order valence-corrected chi connectivity index (χ0v) is 30.1. The molecule has 0 bridgehead atoms. The molecule has 1 aliphatic rings. The van der Waals surface area contributed by atoms with Gasteiger partial charge in [-0.2, -0.15) is 4.98 Å². The van der Waals surface area contributed by atoms with Crippen LogP contribution in [0, 0.1) is 0 Å². The Balaban J connectivity index is 1.71. The van der Waals surface area contributed by atoms with Gasteiger partial charge in [-0.15, -0.1) is 0 Å². The maximum Gasteiger partial charge on any atom is 0.276 e. The van der Waals surface area contributed by atoms with E-state index in [9.17, 15) is 9.90 Å². The van der Waals surface area contributed by atoms with Crippen molar-refractivity contribution in [2.45, 2.75) is 103 Å². The summed E-state index contributed by atoms with van der Waals surface area (Å²) in [4.78, 5) is 25.4. The van der Waals surface area contributed by atoms with E-state index in [1.807, 2.05) is 56.3 Å². The standard InChI is InChI=1S/C35H47Cl2N3O4Si/c1-24(2)40(19-20-44-45(6,7)34(3,4)5)33(42)30-31(43-23-25-13-9-8-10-14-25)32(41)39-29(38-30)22-35(17-11-12-18-35)27-21-26(36)15-16-28(27)37/h8-10,13-16,21,24H,11-12,17-20,22-23H2,1-7H3,(H,38,39,41). The predicted octanol–water partition coefficient (Wildman–Crippen LogP) is 8.99. The van der Waals surface area contributed by atoms with Crippen molar-refractivity contribution < 1.29 is 19.1 Å². The number of ether oxygens (including phenoxy) is 1. The molecule has 244 valence electrons. The summed E-state index contributed by atoms with van der Waals surface area (Å²) in [5, 5.41) is 12.6. The van der Waals surface area contributed by atoms with Gasteiger partial charge in [-0.05, 0) is 74.1 Å². The Kier molecular flexibility index (Phi) is 11.3. The Hall–Kier alpha value is -2.65.